The predicted molar refractivity (Wildman–Crippen MR) is 303 cm³/mol. The van der Waals surface area contributed by atoms with Crippen molar-refractivity contribution in [2.24, 2.45) is 0 Å². The topological polar surface area (TPSA) is 35.2 Å². The third-order valence-corrected chi connectivity index (χ3v) is 14.3. The Labute approximate surface area is 428 Å². The first kappa shape index (κ1) is 37.2. The Morgan fingerprint density at radius 1 is 0.542 bits per heavy atom. The van der Waals surface area contributed by atoms with Crippen LogP contribution >= 0.6 is 0 Å². The van der Waals surface area contributed by atoms with Gasteiger partial charge in [-0.2, -0.15) is 0 Å². The van der Waals surface area contributed by atoms with Gasteiger partial charge in [-0.05, 0) is 115 Å². The lowest BCUT2D eigenvalue weighted by atomic mass is 9.83. The zero-order chi connectivity index (χ0) is 53.9. The number of benzene rings is 9. The van der Waals surface area contributed by atoms with Crippen molar-refractivity contribution in [3.63, 3.8) is 0 Å². The first-order valence-corrected chi connectivity index (χ1v) is 24.5. The van der Waals surface area contributed by atoms with Gasteiger partial charge in [0.15, 0.2) is 0 Å². The Kier molecular flexibility index (Phi) is 8.80. The molecule has 3 aromatic heterocycles. The van der Waals surface area contributed by atoms with Gasteiger partial charge in [-0.15, -0.1) is 0 Å². The zero-order valence-electron chi connectivity index (χ0n) is 46.8. The van der Waals surface area contributed by atoms with Crippen molar-refractivity contribution in [1.29, 1.82) is 0 Å². The molecule has 0 saturated carbocycles. The molecule has 1 aliphatic rings. The van der Waals surface area contributed by atoms with Crippen LogP contribution in [-0.4, -0.2) is 14.1 Å². The van der Waals surface area contributed by atoms with Crippen LogP contribution in [0, 0.1) is 0 Å². The summed E-state index contributed by atoms with van der Waals surface area (Å²) >= 11 is 0. The molecule has 4 heterocycles. The summed E-state index contributed by atoms with van der Waals surface area (Å²) in [5.74, 6) is 1.27. The Morgan fingerprint density at radius 3 is 1.90 bits per heavy atom. The van der Waals surface area contributed by atoms with Gasteiger partial charge in [-0.1, -0.05) is 180 Å². The maximum atomic E-state index is 9.09. The van der Waals surface area contributed by atoms with E-state index in [4.69, 9.17) is 17.9 Å². The largest absolute Gasteiger partial charge is 0.457 e. The number of nitrogens with zero attached hydrogens (tertiary/aromatic N) is 4. The van der Waals surface area contributed by atoms with Crippen LogP contribution in [0.15, 0.2) is 218 Å². The van der Waals surface area contributed by atoms with Crippen LogP contribution in [0.4, 0.5) is 11.4 Å². The predicted octanol–water partition coefficient (Wildman–Crippen LogP) is 18.4. The highest BCUT2D eigenvalue weighted by molar-refractivity contribution is 6.22. The molecule has 0 radical (unpaired) electrons. The summed E-state index contributed by atoms with van der Waals surface area (Å²) in [4.78, 5) is 7.17. The van der Waals surface area contributed by atoms with Gasteiger partial charge in [0.2, 0.25) is 0 Å². The monoisotopic (exact) mass is 936 g/mol. The highest BCUT2D eigenvalue weighted by atomic mass is 16.5. The van der Waals surface area contributed by atoms with E-state index in [9.17, 15) is 0 Å². The fourth-order valence-corrected chi connectivity index (χ4v) is 10.9. The minimum atomic E-state index is -0.802. The summed E-state index contributed by atoms with van der Waals surface area (Å²) in [5, 5.41) is 8.68. The number of aromatic nitrogens is 3. The van der Waals surface area contributed by atoms with Gasteiger partial charge in [0.1, 0.15) is 24.0 Å². The van der Waals surface area contributed by atoms with E-state index >= 15 is 0 Å². The third-order valence-electron chi connectivity index (χ3n) is 14.3. The molecular formula is C67H54N4O. The summed E-state index contributed by atoms with van der Waals surface area (Å²) < 4.78 is 64.2. The molecule has 12 aromatic rings. The fourth-order valence-electron chi connectivity index (χ4n) is 10.9. The van der Waals surface area contributed by atoms with Gasteiger partial charge in [-0.3, -0.25) is 4.57 Å². The molecule has 0 aliphatic carbocycles. The molecule has 13 rings (SSSR count). The summed E-state index contributed by atoms with van der Waals surface area (Å²) in [6.07, 6.45) is 1.78. The Bertz CT molecular complexity index is 4530. The van der Waals surface area contributed by atoms with Gasteiger partial charge in [-0.25, -0.2) is 4.98 Å². The lowest BCUT2D eigenvalue weighted by Gasteiger charge is -2.23. The molecule has 1 aliphatic heterocycles. The molecule has 0 bridgehead atoms. The van der Waals surface area contributed by atoms with E-state index < -0.39 is 11.9 Å². The van der Waals surface area contributed by atoms with E-state index in [1.54, 1.807) is 6.20 Å². The second-order valence-corrected chi connectivity index (χ2v) is 20.0. The third kappa shape index (κ3) is 7.26. The lowest BCUT2D eigenvalue weighted by Crippen LogP contribution is -2.15. The molecule has 72 heavy (non-hydrogen) atoms. The normalized spacial score (nSPS) is 13.9. The minimum Gasteiger partial charge on any atom is -0.457 e. The van der Waals surface area contributed by atoms with Crippen molar-refractivity contribution in [3.8, 4) is 39.6 Å². The fraction of sp³-hybridized carbons (Fsp3) is 0.119. The van der Waals surface area contributed by atoms with Crippen LogP contribution in [0.2, 0.25) is 0 Å². The summed E-state index contributed by atoms with van der Waals surface area (Å²) in [7, 11) is 0. The molecule has 0 N–H and O–H groups in total. The standard InChI is InChI=1S/C67H54N4O/c1-43(2)45-34-35-68-64(39-45)71-61-30-14-13-26-57(61)58-33-32-51(41-63(58)71)72-50-21-15-20-49(40-50)69-42-70-65-52(47-36-46(44-18-7-6-8-19-44)37-48(38-47)67(3,4)5)27-16-28-59(65)55-24-11-9-22-53(55)54-23-10-12-25-56(54)60-29-17-31-62(69)66(60)70/h6-41,43H,42H2,1-5H3/i6D,7D,8D,18D,19D,43D. The number of ether oxygens (including phenoxy) is 1. The van der Waals surface area contributed by atoms with E-state index in [1.807, 2.05) is 62.4 Å². The van der Waals surface area contributed by atoms with Crippen molar-refractivity contribution >= 4 is 76.5 Å². The van der Waals surface area contributed by atoms with Crippen molar-refractivity contribution in [1.82, 2.24) is 14.1 Å². The molecule has 348 valence electrons. The highest BCUT2D eigenvalue weighted by Crippen LogP contribution is 2.46. The average molecular weight is 937 g/mol. The van der Waals surface area contributed by atoms with Gasteiger partial charge in [0.25, 0.3) is 0 Å². The van der Waals surface area contributed by atoms with Crippen LogP contribution < -0.4 is 9.64 Å². The molecule has 5 nitrogen and oxygen atoms in total. The quantitative estimate of drug-likeness (QED) is 0.160. The smallest absolute Gasteiger partial charge is 0.137 e. The summed E-state index contributed by atoms with van der Waals surface area (Å²) in [6, 6.07) is 61.5. The number of fused-ring (bicyclic) bond motifs is 10. The van der Waals surface area contributed by atoms with Crippen LogP contribution in [0.1, 0.15) is 59.9 Å². The second-order valence-electron chi connectivity index (χ2n) is 20.0. The van der Waals surface area contributed by atoms with Crippen molar-refractivity contribution in [3.05, 3.63) is 230 Å². The van der Waals surface area contributed by atoms with Crippen molar-refractivity contribution in [2.75, 3.05) is 4.90 Å². The molecule has 0 atom stereocenters. The molecule has 9 aromatic carbocycles. The number of pyridine rings is 1. The molecule has 0 amide bonds. The van der Waals surface area contributed by atoms with E-state index in [0.717, 1.165) is 105 Å². The van der Waals surface area contributed by atoms with Gasteiger partial charge in [0, 0.05) is 52.5 Å². The first-order chi connectivity index (χ1) is 37.5. The molecule has 0 saturated heterocycles. The zero-order valence-corrected chi connectivity index (χ0v) is 40.8. The maximum absolute atomic E-state index is 9.09. The summed E-state index contributed by atoms with van der Waals surface area (Å²) in [5.41, 5.74) is 9.95. The summed E-state index contributed by atoms with van der Waals surface area (Å²) in [6.45, 7) is 10.6. The number of hydrogen-bond donors (Lipinski definition) is 0. The molecule has 0 unspecified atom stereocenters. The number of rotatable bonds is 7. The van der Waals surface area contributed by atoms with Crippen LogP contribution in [-0.2, 0) is 12.1 Å². The van der Waals surface area contributed by atoms with Gasteiger partial charge >= 0.3 is 0 Å². The van der Waals surface area contributed by atoms with Crippen LogP contribution in [0.3, 0.4) is 0 Å². The minimum absolute atomic E-state index is 0.172. The lowest BCUT2D eigenvalue weighted by molar-refractivity contribution is 0.483. The Morgan fingerprint density at radius 2 is 1.17 bits per heavy atom. The number of anilines is 2. The van der Waals surface area contributed by atoms with Crippen molar-refractivity contribution in [2.45, 2.75) is 52.6 Å². The van der Waals surface area contributed by atoms with Crippen LogP contribution in [0.25, 0.3) is 93.2 Å². The highest BCUT2D eigenvalue weighted by Gasteiger charge is 2.27. The van der Waals surface area contributed by atoms with E-state index in [0.29, 0.717) is 23.7 Å². The van der Waals surface area contributed by atoms with Gasteiger partial charge < -0.3 is 14.2 Å². The Hall–Kier alpha value is -8.67. The Balaban J connectivity index is 1.02. The average Bonchev–Trinajstić information content (AvgIpc) is 4.15. The van der Waals surface area contributed by atoms with E-state index in [-0.39, 0.29) is 35.1 Å². The second kappa shape index (κ2) is 17.0. The first-order valence-electron chi connectivity index (χ1n) is 27.5. The SMILES string of the molecule is [2H]c1c([2H])c([2H])c(-c2cc(-c3cccc4c5ccccc5c5ccccc5c5cccc6c5n(c34)CN6c3cccc(Oc4ccc5c6ccccc6n(-c6cc(C([2H])(C)C)ccn6)c5c4)c3)cc(C(C)(C)C)c2)c([2H])c1[2H]. The number of para-hydroxylation sites is 3. The maximum Gasteiger partial charge on any atom is 0.137 e. The molecule has 0 fully saturated rings. The van der Waals surface area contributed by atoms with E-state index in [2.05, 4.69) is 168 Å². The van der Waals surface area contributed by atoms with E-state index in [1.165, 1.54) is 0 Å². The van der Waals surface area contributed by atoms with Crippen LogP contribution in [0.5, 0.6) is 11.5 Å². The van der Waals surface area contributed by atoms with Gasteiger partial charge in [0.05, 0.1) is 34.6 Å². The number of hydrogen-bond acceptors (Lipinski definition) is 3. The molecule has 0 spiro atoms. The molecule has 5 heteroatoms. The van der Waals surface area contributed by atoms with Crippen molar-refractivity contribution < 1.29 is 13.0 Å². The molecular weight excluding hydrogens is 877 g/mol.